The van der Waals surface area contributed by atoms with Crippen molar-refractivity contribution in [1.29, 1.82) is 0 Å². The maximum atomic E-state index is 4.40. The molecular weight excluding hydrogens is 437 g/mol. The molecule has 1 saturated heterocycles. The number of hydrogen-bond donors (Lipinski definition) is 2. The number of nitrogens with one attached hydrogen (secondary N) is 2. The molecular formula is C20H42IN5. The fourth-order valence-electron chi connectivity index (χ4n) is 4.12. The van der Waals surface area contributed by atoms with Gasteiger partial charge in [-0.1, -0.05) is 39.0 Å². The van der Waals surface area contributed by atoms with E-state index in [1.807, 2.05) is 7.05 Å². The molecule has 1 heterocycles. The number of piperazine rings is 1. The van der Waals surface area contributed by atoms with Crippen LogP contribution in [-0.4, -0.2) is 74.7 Å². The maximum absolute atomic E-state index is 4.40. The van der Waals surface area contributed by atoms with Crippen LogP contribution in [0.4, 0.5) is 0 Å². The standard InChI is InChI=1S/C20H41N5.HI/c1-4-24-14-16-25(17-15-24)13-12-22-20(21-3)23-18(2)10-11-19-8-6-5-7-9-19;/h18-19H,4-17H2,1-3H3,(H2,21,22,23);1H. The van der Waals surface area contributed by atoms with Crippen LogP contribution in [0.2, 0.25) is 0 Å². The molecule has 0 spiro atoms. The first kappa shape index (κ1) is 24.0. The van der Waals surface area contributed by atoms with Crippen molar-refractivity contribution < 1.29 is 0 Å². The Hall–Kier alpha value is -0.0800. The molecule has 0 radical (unpaired) electrons. The van der Waals surface area contributed by atoms with Crippen molar-refractivity contribution in [2.75, 3.05) is 52.9 Å². The van der Waals surface area contributed by atoms with Crippen molar-refractivity contribution in [3.8, 4) is 0 Å². The molecule has 26 heavy (non-hydrogen) atoms. The van der Waals surface area contributed by atoms with Crippen LogP contribution in [0.15, 0.2) is 4.99 Å². The number of guanidine groups is 1. The molecule has 1 aliphatic carbocycles. The summed E-state index contributed by atoms with van der Waals surface area (Å²) >= 11 is 0. The summed E-state index contributed by atoms with van der Waals surface area (Å²) in [6.07, 6.45) is 9.87. The minimum absolute atomic E-state index is 0. The van der Waals surface area contributed by atoms with E-state index >= 15 is 0 Å². The highest BCUT2D eigenvalue weighted by molar-refractivity contribution is 14.0. The van der Waals surface area contributed by atoms with Crippen LogP contribution >= 0.6 is 24.0 Å². The summed E-state index contributed by atoms with van der Waals surface area (Å²) in [4.78, 5) is 9.48. The van der Waals surface area contributed by atoms with Gasteiger partial charge in [0.05, 0.1) is 0 Å². The highest BCUT2D eigenvalue weighted by atomic mass is 127. The van der Waals surface area contributed by atoms with Gasteiger partial charge in [0.25, 0.3) is 0 Å². The minimum Gasteiger partial charge on any atom is -0.355 e. The van der Waals surface area contributed by atoms with Crippen LogP contribution in [0, 0.1) is 5.92 Å². The summed E-state index contributed by atoms with van der Waals surface area (Å²) < 4.78 is 0. The monoisotopic (exact) mass is 479 g/mol. The zero-order chi connectivity index (χ0) is 17.9. The SMILES string of the molecule is CCN1CCN(CCNC(=NC)NC(C)CCC2CCCCC2)CC1.I. The van der Waals surface area contributed by atoms with Crippen LogP contribution in [0.1, 0.15) is 58.8 Å². The zero-order valence-corrected chi connectivity index (χ0v) is 19.6. The third-order valence-corrected chi connectivity index (χ3v) is 5.97. The Balaban J connectivity index is 0.00000338. The van der Waals surface area contributed by atoms with Gasteiger partial charge in [-0.25, -0.2) is 0 Å². The van der Waals surface area contributed by atoms with E-state index < -0.39 is 0 Å². The molecule has 1 atom stereocenters. The molecule has 0 bridgehead atoms. The van der Waals surface area contributed by atoms with Crippen molar-refractivity contribution in [3.05, 3.63) is 0 Å². The van der Waals surface area contributed by atoms with E-state index in [0.29, 0.717) is 6.04 Å². The molecule has 6 heteroatoms. The number of rotatable bonds is 8. The summed E-state index contributed by atoms with van der Waals surface area (Å²) in [5, 5.41) is 7.07. The topological polar surface area (TPSA) is 42.9 Å². The Labute approximate surface area is 178 Å². The van der Waals surface area contributed by atoms with Gasteiger partial charge in [-0.15, -0.1) is 24.0 Å². The van der Waals surface area contributed by atoms with Crippen molar-refractivity contribution in [1.82, 2.24) is 20.4 Å². The van der Waals surface area contributed by atoms with E-state index in [4.69, 9.17) is 0 Å². The highest BCUT2D eigenvalue weighted by Crippen LogP contribution is 2.27. The summed E-state index contributed by atoms with van der Waals surface area (Å²) in [6, 6.07) is 0.501. The summed E-state index contributed by atoms with van der Waals surface area (Å²) in [7, 11) is 1.88. The van der Waals surface area contributed by atoms with Crippen LogP contribution in [-0.2, 0) is 0 Å². The predicted octanol–water partition coefficient (Wildman–Crippen LogP) is 3.16. The second-order valence-corrected chi connectivity index (χ2v) is 7.90. The van der Waals surface area contributed by atoms with Gasteiger partial charge in [0.15, 0.2) is 5.96 Å². The van der Waals surface area contributed by atoms with Gasteiger partial charge in [0.2, 0.25) is 0 Å². The fraction of sp³-hybridized carbons (Fsp3) is 0.950. The van der Waals surface area contributed by atoms with Gasteiger partial charge >= 0.3 is 0 Å². The second-order valence-electron chi connectivity index (χ2n) is 7.90. The van der Waals surface area contributed by atoms with Crippen molar-refractivity contribution in [3.63, 3.8) is 0 Å². The Morgan fingerprint density at radius 3 is 2.35 bits per heavy atom. The van der Waals surface area contributed by atoms with Gasteiger partial charge in [0.1, 0.15) is 0 Å². The molecule has 2 fully saturated rings. The van der Waals surface area contributed by atoms with E-state index in [2.05, 4.69) is 39.3 Å². The largest absolute Gasteiger partial charge is 0.355 e. The summed E-state index contributed by atoms with van der Waals surface area (Å²) in [5.74, 6) is 1.93. The molecule has 2 aliphatic rings. The summed E-state index contributed by atoms with van der Waals surface area (Å²) in [5.41, 5.74) is 0. The minimum atomic E-state index is 0. The molecule has 2 N–H and O–H groups in total. The molecule has 0 amide bonds. The van der Waals surface area contributed by atoms with Crippen LogP contribution in [0.3, 0.4) is 0 Å². The van der Waals surface area contributed by atoms with Crippen molar-refractivity contribution in [2.24, 2.45) is 10.9 Å². The molecule has 0 aromatic carbocycles. The van der Waals surface area contributed by atoms with Gasteiger partial charge in [-0.2, -0.15) is 0 Å². The first-order valence-electron chi connectivity index (χ1n) is 10.6. The Kier molecular flexibility index (Phi) is 12.9. The molecule has 1 saturated carbocycles. The van der Waals surface area contributed by atoms with Crippen LogP contribution < -0.4 is 10.6 Å². The smallest absolute Gasteiger partial charge is 0.191 e. The van der Waals surface area contributed by atoms with Crippen molar-refractivity contribution in [2.45, 2.75) is 64.8 Å². The Bertz CT molecular complexity index is 376. The van der Waals surface area contributed by atoms with Gasteiger partial charge in [0, 0.05) is 52.4 Å². The lowest BCUT2D eigenvalue weighted by Crippen LogP contribution is -2.49. The lowest BCUT2D eigenvalue weighted by Gasteiger charge is -2.34. The molecule has 5 nitrogen and oxygen atoms in total. The van der Waals surface area contributed by atoms with Gasteiger partial charge in [-0.3, -0.25) is 9.89 Å². The van der Waals surface area contributed by atoms with E-state index in [-0.39, 0.29) is 24.0 Å². The molecule has 1 unspecified atom stereocenters. The van der Waals surface area contributed by atoms with E-state index in [9.17, 15) is 0 Å². The number of hydrogen-bond acceptors (Lipinski definition) is 3. The predicted molar refractivity (Wildman–Crippen MR) is 124 cm³/mol. The van der Waals surface area contributed by atoms with Crippen LogP contribution in [0.5, 0.6) is 0 Å². The number of nitrogens with zero attached hydrogens (tertiary/aromatic N) is 3. The number of aliphatic imine (C=N–C) groups is 1. The molecule has 154 valence electrons. The number of likely N-dealkylation sites (N-methyl/N-ethyl adjacent to an activating group) is 1. The Morgan fingerprint density at radius 1 is 1.08 bits per heavy atom. The van der Waals surface area contributed by atoms with Gasteiger partial charge < -0.3 is 15.5 Å². The Morgan fingerprint density at radius 2 is 1.73 bits per heavy atom. The molecule has 2 rings (SSSR count). The molecule has 0 aromatic heterocycles. The first-order chi connectivity index (χ1) is 12.2. The summed E-state index contributed by atoms with van der Waals surface area (Å²) in [6.45, 7) is 12.6. The van der Waals surface area contributed by atoms with Crippen LogP contribution in [0.25, 0.3) is 0 Å². The van der Waals surface area contributed by atoms with E-state index in [1.165, 1.54) is 77.7 Å². The van der Waals surface area contributed by atoms with Gasteiger partial charge in [-0.05, 0) is 32.2 Å². The molecule has 0 aromatic rings. The van der Waals surface area contributed by atoms with E-state index in [1.54, 1.807) is 0 Å². The quantitative estimate of drug-likeness (QED) is 0.319. The third kappa shape index (κ3) is 9.22. The second kappa shape index (κ2) is 14.0. The van der Waals surface area contributed by atoms with Crippen molar-refractivity contribution >= 4 is 29.9 Å². The normalized spacial score (nSPS) is 21.9. The highest BCUT2D eigenvalue weighted by Gasteiger charge is 2.16. The maximum Gasteiger partial charge on any atom is 0.191 e. The lowest BCUT2D eigenvalue weighted by atomic mass is 9.85. The fourth-order valence-corrected chi connectivity index (χ4v) is 4.12. The average molecular weight is 479 g/mol. The zero-order valence-electron chi connectivity index (χ0n) is 17.3. The van der Waals surface area contributed by atoms with E-state index in [0.717, 1.165) is 25.0 Å². The first-order valence-corrected chi connectivity index (χ1v) is 10.6. The lowest BCUT2D eigenvalue weighted by molar-refractivity contribution is 0.139. The third-order valence-electron chi connectivity index (χ3n) is 5.97. The average Bonchev–Trinajstić information content (AvgIpc) is 2.67. The number of halogens is 1. The molecule has 1 aliphatic heterocycles.